The molecule has 2 fully saturated rings. The number of nitrogens with one attached hydrogen (secondary N) is 2. The van der Waals surface area contributed by atoms with Crippen LogP contribution in [0.25, 0.3) is 0 Å². The fourth-order valence-corrected chi connectivity index (χ4v) is 4.46. The van der Waals surface area contributed by atoms with Gasteiger partial charge in [-0.25, -0.2) is 0 Å². The number of hydrogen-bond donors (Lipinski definition) is 2. The Labute approximate surface area is 126 Å². The zero-order chi connectivity index (χ0) is 14.4. The second-order valence-corrected chi connectivity index (χ2v) is 7.24. The summed E-state index contributed by atoms with van der Waals surface area (Å²) < 4.78 is 0. The van der Waals surface area contributed by atoms with Crippen LogP contribution in [0, 0.1) is 17.3 Å². The molecule has 0 aromatic heterocycles. The lowest BCUT2D eigenvalue weighted by Crippen LogP contribution is -2.36. The lowest BCUT2D eigenvalue weighted by atomic mass is 9.91. The molecule has 1 heterocycles. The zero-order valence-electron chi connectivity index (χ0n) is 12.7. The van der Waals surface area contributed by atoms with Crippen molar-refractivity contribution in [3.8, 4) is 0 Å². The Morgan fingerprint density at radius 3 is 2.86 bits per heavy atom. The van der Waals surface area contributed by atoms with Crippen molar-refractivity contribution in [1.29, 1.82) is 0 Å². The van der Waals surface area contributed by atoms with Gasteiger partial charge < -0.3 is 10.6 Å². The Morgan fingerprint density at radius 1 is 1.29 bits per heavy atom. The van der Waals surface area contributed by atoms with Gasteiger partial charge in [0, 0.05) is 5.92 Å². The molecule has 1 amide bonds. The maximum absolute atomic E-state index is 12.7. The molecular formula is C18H24N2O. The first-order valence-corrected chi connectivity index (χ1v) is 8.28. The fraction of sp³-hybridized carbons (Fsp3) is 0.611. The molecule has 3 aliphatic rings. The molecule has 4 rings (SSSR count). The lowest BCUT2D eigenvalue weighted by Gasteiger charge is -2.24. The fourth-order valence-electron chi connectivity index (χ4n) is 4.46. The van der Waals surface area contributed by atoms with Gasteiger partial charge in [0.15, 0.2) is 0 Å². The molecule has 1 saturated carbocycles. The minimum absolute atomic E-state index is 0.216. The highest BCUT2D eigenvalue weighted by Crippen LogP contribution is 2.58. The van der Waals surface area contributed by atoms with Gasteiger partial charge in [-0.15, -0.1) is 0 Å². The van der Waals surface area contributed by atoms with Crippen LogP contribution in [0.1, 0.15) is 43.4 Å². The molecule has 1 aromatic carbocycles. The van der Waals surface area contributed by atoms with Crippen LogP contribution >= 0.6 is 0 Å². The number of hydrogen-bond acceptors (Lipinski definition) is 2. The van der Waals surface area contributed by atoms with Gasteiger partial charge in [-0.05, 0) is 61.2 Å². The number of carbonyl (C=O) groups is 1. The van der Waals surface area contributed by atoms with Crippen LogP contribution in [0.2, 0.25) is 0 Å². The van der Waals surface area contributed by atoms with Gasteiger partial charge in [0.25, 0.3) is 0 Å². The average Bonchev–Trinajstić information content (AvgIpc) is 3.09. The predicted octanol–water partition coefficient (Wildman–Crippen LogP) is 2.43. The molecule has 1 saturated heterocycles. The largest absolute Gasteiger partial charge is 0.349 e. The van der Waals surface area contributed by atoms with E-state index in [1.165, 1.54) is 24.0 Å². The first kappa shape index (κ1) is 13.3. The molecule has 3 unspecified atom stereocenters. The molecule has 3 nitrogen and oxygen atoms in total. The van der Waals surface area contributed by atoms with E-state index in [1.54, 1.807) is 0 Å². The smallest absolute Gasteiger partial charge is 0.224 e. The second kappa shape index (κ2) is 4.84. The topological polar surface area (TPSA) is 41.1 Å². The summed E-state index contributed by atoms with van der Waals surface area (Å²) in [4.78, 5) is 12.7. The molecule has 2 N–H and O–H groups in total. The molecule has 0 bridgehead atoms. The Morgan fingerprint density at radius 2 is 2.05 bits per heavy atom. The molecule has 3 heteroatoms. The Bertz CT molecular complexity index is 562. The van der Waals surface area contributed by atoms with Crippen LogP contribution in [0.5, 0.6) is 0 Å². The van der Waals surface area contributed by atoms with Crippen LogP contribution in [0.15, 0.2) is 24.3 Å². The molecule has 112 valence electrons. The van der Waals surface area contributed by atoms with E-state index >= 15 is 0 Å². The molecular weight excluding hydrogens is 260 g/mol. The molecule has 21 heavy (non-hydrogen) atoms. The zero-order valence-corrected chi connectivity index (χ0v) is 12.7. The summed E-state index contributed by atoms with van der Waals surface area (Å²) >= 11 is 0. The first-order chi connectivity index (χ1) is 10.2. The molecule has 0 radical (unpaired) electrons. The van der Waals surface area contributed by atoms with Crippen LogP contribution < -0.4 is 10.6 Å². The molecule has 1 aliphatic heterocycles. The van der Waals surface area contributed by atoms with Crippen LogP contribution in [0.4, 0.5) is 0 Å². The molecule has 2 aliphatic carbocycles. The Hall–Kier alpha value is -1.35. The van der Waals surface area contributed by atoms with Crippen molar-refractivity contribution in [1.82, 2.24) is 10.6 Å². The molecule has 3 atom stereocenters. The van der Waals surface area contributed by atoms with Gasteiger partial charge in [0.05, 0.1) is 6.04 Å². The van der Waals surface area contributed by atoms with Crippen molar-refractivity contribution in [2.75, 3.05) is 13.1 Å². The van der Waals surface area contributed by atoms with E-state index in [-0.39, 0.29) is 12.0 Å². The van der Waals surface area contributed by atoms with Gasteiger partial charge in [0.2, 0.25) is 5.91 Å². The minimum Gasteiger partial charge on any atom is -0.349 e. The predicted molar refractivity (Wildman–Crippen MR) is 82.8 cm³/mol. The van der Waals surface area contributed by atoms with Crippen LogP contribution in [-0.2, 0) is 11.2 Å². The number of carbonyl (C=O) groups excluding carboxylic acids is 1. The first-order valence-electron chi connectivity index (χ1n) is 8.28. The normalized spacial score (nSPS) is 32.7. The van der Waals surface area contributed by atoms with Crippen molar-refractivity contribution in [3.05, 3.63) is 35.4 Å². The van der Waals surface area contributed by atoms with E-state index in [0.717, 1.165) is 25.9 Å². The standard InChI is InChI=1S/C18H24N2O/c1-12-10-13-4-2-3-5-14(13)16(12)20-17(21)15-11-18(15)6-8-19-9-7-18/h2-5,12,15-16,19H,6-11H2,1H3,(H,20,21). The highest BCUT2D eigenvalue weighted by Gasteiger charge is 2.58. The summed E-state index contributed by atoms with van der Waals surface area (Å²) in [5, 5.41) is 6.76. The van der Waals surface area contributed by atoms with E-state index in [1.807, 2.05) is 0 Å². The number of rotatable bonds is 2. The maximum atomic E-state index is 12.7. The Balaban J connectivity index is 1.46. The molecule has 1 aromatic rings. The van der Waals surface area contributed by atoms with Gasteiger partial charge in [-0.3, -0.25) is 4.79 Å². The summed E-state index contributed by atoms with van der Waals surface area (Å²) in [7, 11) is 0. The third-order valence-corrected chi connectivity index (χ3v) is 5.90. The molecule has 1 spiro atoms. The van der Waals surface area contributed by atoms with E-state index in [2.05, 4.69) is 41.8 Å². The highest BCUT2D eigenvalue weighted by molar-refractivity contribution is 5.83. The average molecular weight is 284 g/mol. The van der Waals surface area contributed by atoms with Crippen LogP contribution in [0.3, 0.4) is 0 Å². The third-order valence-electron chi connectivity index (χ3n) is 5.90. The SMILES string of the molecule is CC1Cc2ccccc2C1NC(=O)C1CC12CCNCC2. The van der Waals surface area contributed by atoms with Gasteiger partial charge in [-0.1, -0.05) is 31.2 Å². The van der Waals surface area contributed by atoms with Crippen molar-refractivity contribution >= 4 is 5.91 Å². The van der Waals surface area contributed by atoms with Gasteiger partial charge in [0.1, 0.15) is 0 Å². The second-order valence-electron chi connectivity index (χ2n) is 7.24. The van der Waals surface area contributed by atoms with Crippen molar-refractivity contribution < 1.29 is 4.79 Å². The number of amides is 1. The summed E-state index contributed by atoms with van der Waals surface area (Å²) in [5.74, 6) is 1.07. The van der Waals surface area contributed by atoms with E-state index < -0.39 is 0 Å². The van der Waals surface area contributed by atoms with Gasteiger partial charge >= 0.3 is 0 Å². The van der Waals surface area contributed by atoms with Crippen LogP contribution in [-0.4, -0.2) is 19.0 Å². The maximum Gasteiger partial charge on any atom is 0.224 e. The third kappa shape index (κ3) is 2.18. The summed E-state index contributed by atoms with van der Waals surface area (Å²) in [6, 6.07) is 8.77. The number of fused-ring (bicyclic) bond motifs is 1. The quantitative estimate of drug-likeness (QED) is 0.876. The monoisotopic (exact) mass is 284 g/mol. The number of benzene rings is 1. The van der Waals surface area contributed by atoms with E-state index in [0.29, 0.717) is 17.2 Å². The van der Waals surface area contributed by atoms with E-state index in [4.69, 9.17) is 0 Å². The highest BCUT2D eigenvalue weighted by atomic mass is 16.2. The van der Waals surface area contributed by atoms with Gasteiger partial charge in [-0.2, -0.15) is 0 Å². The lowest BCUT2D eigenvalue weighted by molar-refractivity contribution is -0.124. The minimum atomic E-state index is 0.216. The summed E-state index contributed by atoms with van der Waals surface area (Å²) in [6.07, 6.45) is 4.52. The van der Waals surface area contributed by atoms with Crippen molar-refractivity contribution in [2.24, 2.45) is 17.3 Å². The van der Waals surface area contributed by atoms with Crippen molar-refractivity contribution in [2.45, 2.75) is 38.6 Å². The summed E-state index contributed by atoms with van der Waals surface area (Å²) in [6.45, 7) is 4.40. The van der Waals surface area contributed by atoms with Crippen molar-refractivity contribution in [3.63, 3.8) is 0 Å². The number of piperidine rings is 1. The Kier molecular flexibility index (Phi) is 3.07. The van der Waals surface area contributed by atoms with E-state index in [9.17, 15) is 4.79 Å². The summed E-state index contributed by atoms with van der Waals surface area (Å²) in [5.41, 5.74) is 3.07.